The van der Waals surface area contributed by atoms with Crippen molar-refractivity contribution in [3.63, 3.8) is 0 Å². The first kappa shape index (κ1) is 18.0. The smallest absolute Gasteiger partial charge is 0.281 e. The number of pyridine rings is 1. The maximum atomic E-state index is 12.2. The Morgan fingerprint density at radius 1 is 1.28 bits per heavy atom. The van der Waals surface area contributed by atoms with Crippen LogP contribution in [0.5, 0.6) is 0 Å². The van der Waals surface area contributed by atoms with E-state index in [1.165, 1.54) is 9.87 Å². The highest BCUT2D eigenvalue weighted by atomic mass is 32.2. The van der Waals surface area contributed by atoms with Crippen LogP contribution in [0.3, 0.4) is 0 Å². The second-order valence-electron chi connectivity index (χ2n) is 6.78. The summed E-state index contributed by atoms with van der Waals surface area (Å²) in [7, 11) is 1.83. The fourth-order valence-electron chi connectivity index (χ4n) is 3.25. The molecule has 1 saturated heterocycles. The number of rotatable bonds is 5. The fourth-order valence-corrected chi connectivity index (χ4v) is 4.39. The lowest BCUT2D eigenvalue weighted by atomic mass is 9.91. The minimum absolute atomic E-state index is 0.496. The molecule has 0 spiro atoms. The molecule has 0 N–H and O–H groups in total. The number of nitrogens with zero attached hydrogens (tertiary/aromatic N) is 5. The molecular formula is C17H25N5O2S. The molecule has 25 heavy (non-hydrogen) atoms. The Labute approximate surface area is 149 Å². The molecule has 3 rings (SSSR count). The topological polar surface area (TPSA) is 71.3 Å². The quantitative estimate of drug-likeness (QED) is 0.808. The summed E-state index contributed by atoms with van der Waals surface area (Å²) < 4.78 is 29.2. The van der Waals surface area contributed by atoms with Gasteiger partial charge in [0.2, 0.25) is 0 Å². The highest BCUT2D eigenvalue weighted by Crippen LogP contribution is 2.25. The van der Waals surface area contributed by atoms with E-state index in [0.29, 0.717) is 19.0 Å². The fraction of sp³-hybridized carbons (Fsp3) is 0.529. The summed E-state index contributed by atoms with van der Waals surface area (Å²) in [6.07, 6.45) is 8.14. The number of piperidine rings is 1. The van der Waals surface area contributed by atoms with Gasteiger partial charge < -0.3 is 4.57 Å². The molecule has 8 heteroatoms. The van der Waals surface area contributed by atoms with E-state index >= 15 is 0 Å². The third-order valence-corrected chi connectivity index (χ3v) is 6.73. The third-order valence-electron chi connectivity index (χ3n) is 4.79. The summed E-state index contributed by atoms with van der Waals surface area (Å²) >= 11 is 0. The lowest BCUT2D eigenvalue weighted by Crippen LogP contribution is -2.44. The van der Waals surface area contributed by atoms with E-state index in [2.05, 4.69) is 16.0 Å². The second-order valence-corrected chi connectivity index (χ2v) is 8.92. The Morgan fingerprint density at radius 3 is 2.60 bits per heavy atom. The number of hydrogen-bond donors (Lipinski definition) is 0. The van der Waals surface area contributed by atoms with E-state index in [1.54, 1.807) is 24.7 Å². The molecule has 3 heterocycles. The van der Waals surface area contributed by atoms with Gasteiger partial charge in [-0.3, -0.25) is 4.98 Å². The van der Waals surface area contributed by atoms with Gasteiger partial charge in [-0.1, -0.05) is 0 Å². The van der Waals surface area contributed by atoms with E-state index in [4.69, 9.17) is 0 Å². The Balaban J connectivity index is 1.64. The summed E-state index contributed by atoms with van der Waals surface area (Å²) in [4.78, 5) is 8.59. The predicted molar refractivity (Wildman–Crippen MR) is 97.0 cm³/mol. The first-order chi connectivity index (χ1) is 11.9. The molecule has 0 unspecified atom stereocenters. The summed E-state index contributed by atoms with van der Waals surface area (Å²) in [5.74, 6) is 0.496. The van der Waals surface area contributed by atoms with Crippen LogP contribution < -0.4 is 0 Å². The molecule has 1 fully saturated rings. The summed E-state index contributed by atoms with van der Waals surface area (Å²) in [6.45, 7) is 1.18. The Kier molecular flexibility index (Phi) is 5.21. The minimum Gasteiger partial charge on any atom is -0.332 e. The lowest BCUT2D eigenvalue weighted by molar-refractivity contribution is 0.262. The van der Waals surface area contributed by atoms with Crippen LogP contribution in [0, 0.1) is 5.92 Å². The van der Waals surface area contributed by atoms with Crippen LogP contribution in [-0.4, -0.2) is 58.7 Å². The van der Waals surface area contributed by atoms with Crippen molar-refractivity contribution >= 4 is 10.2 Å². The molecular weight excluding hydrogens is 338 g/mol. The van der Waals surface area contributed by atoms with Gasteiger partial charge in [0.1, 0.15) is 0 Å². The Morgan fingerprint density at radius 2 is 2.00 bits per heavy atom. The van der Waals surface area contributed by atoms with Gasteiger partial charge in [-0.05, 0) is 42.9 Å². The highest BCUT2D eigenvalue weighted by Gasteiger charge is 2.29. The van der Waals surface area contributed by atoms with Crippen LogP contribution in [0.25, 0.3) is 11.4 Å². The number of hydrogen-bond acceptors (Lipinski definition) is 4. The van der Waals surface area contributed by atoms with Crippen molar-refractivity contribution in [3.05, 3.63) is 36.4 Å². The van der Waals surface area contributed by atoms with Gasteiger partial charge in [0.15, 0.2) is 0 Å². The van der Waals surface area contributed by atoms with Crippen LogP contribution in [-0.2, 0) is 23.7 Å². The average molecular weight is 363 g/mol. The molecule has 0 aromatic carbocycles. The zero-order chi connectivity index (χ0) is 18.0. The van der Waals surface area contributed by atoms with Crippen molar-refractivity contribution in [1.82, 2.24) is 23.1 Å². The molecule has 0 atom stereocenters. The first-order valence-electron chi connectivity index (χ1n) is 8.47. The third kappa shape index (κ3) is 3.91. The molecule has 0 radical (unpaired) electrons. The lowest BCUT2D eigenvalue weighted by Gasteiger charge is -2.32. The van der Waals surface area contributed by atoms with Crippen LogP contribution in [0.15, 0.2) is 30.9 Å². The molecule has 0 aliphatic carbocycles. The second kappa shape index (κ2) is 7.23. The monoisotopic (exact) mass is 363 g/mol. The molecule has 0 bridgehead atoms. The van der Waals surface area contributed by atoms with Gasteiger partial charge in [0, 0.05) is 40.4 Å². The van der Waals surface area contributed by atoms with Crippen LogP contribution in [0.1, 0.15) is 18.4 Å². The van der Waals surface area contributed by atoms with Crippen molar-refractivity contribution in [2.45, 2.75) is 19.3 Å². The zero-order valence-electron chi connectivity index (χ0n) is 15.0. The van der Waals surface area contributed by atoms with E-state index in [0.717, 1.165) is 30.7 Å². The van der Waals surface area contributed by atoms with Crippen LogP contribution in [0.4, 0.5) is 0 Å². The zero-order valence-corrected chi connectivity index (χ0v) is 15.8. The minimum atomic E-state index is -3.29. The summed E-state index contributed by atoms with van der Waals surface area (Å²) in [5, 5.41) is 0. The van der Waals surface area contributed by atoms with Gasteiger partial charge in [-0.15, -0.1) is 0 Å². The van der Waals surface area contributed by atoms with Crippen LogP contribution in [0.2, 0.25) is 0 Å². The maximum Gasteiger partial charge on any atom is 0.281 e. The Hall–Kier alpha value is -1.77. The van der Waals surface area contributed by atoms with Crippen molar-refractivity contribution in [1.29, 1.82) is 0 Å². The average Bonchev–Trinajstić information content (AvgIpc) is 3.01. The van der Waals surface area contributed by atoms with Gasteiger partial charge in [-0.2, -0.15) is 17.0 Å². The molecule has 136 valence electrons. The van der Waals surface area contributed by atoms with Crippen molar-refractivity contribution in [3.8, 4) is 11.4 Å². The molecule has 0 amide bonds. The molecule has 7 nitrogen and oxygen atoms in total. The SMILES string of the molecule is CN(C)S(=O)(=O)N1CCC(Cc2ccnc(-c3cncn3C)c2)CC1. The van der Waals surface area contributed by atoms with Crippen molar-refractivity contribution in [2.75, 3.05) is 27.2 Å². The standard InChI is InChI=1S/C17H25N5O2S/c1-20(2)25(23,24)22-8-5-14(6-9-22)10-15-4-7-19-16(11-15)17-12-18-13-21(17)3/h4,7,11-14H,5-6,8-10H2,1-3H3. The molecule has 1 aliphatic heterocycles. The van der Waals surface area contributed by atoms with Gasteiger partial charge in [0.05, 0.1) is 23.9 Å². The van der Waals surface area contributed by atoms with E-state index in [1.807, 2.05) is 30.1 Å². The van der Waals surface area contributed by atoms with E-state index < -0.39 is 10.2 Å². The molecule has 1 aliphatic rings. The van der Waals surface area contributed by atoms with Gasteiger partial charge >= 0.3 is 0 Å². The van der Waals surface area contributed by atoms with Gasteiger partial charge in [0.25, 0.3) is 10.2 Å². The van der Waals surface area contributed by atoms with Crippen molar-refractivity contribution in [2.24, 2.45) is 13.0 Å². The number of aryl methyl sites for hydroxylation is 1. The Bertz CT molecular complexity index is 823. The summed E-state index contributed by atoms with van der Waals surface area (Å²) in [6, 6.07) is 4.16. The summed E-state index contributed by atoms with van der Waals surface area (Å²) in [5.41, 5.74) is 3.15. The van der Waals surface area contributed by atoms with E-state index in [9.17, 15) is 8.42 Å². The van der Waals surface area contributed by atoms with Gasteiger partial charge in [-0.25, -0.2) is 4.98 Å². The molecule has 2 aromatic heterocycles. The molecule has 0 saturated carbocycles. The number of aromatic nitrogens is 3. The van der Waals surface area contributed by atoms with Crippen LogP contribution >= 0.6 is 0 Å². The largest absolute Gasteiger partial charge is 0.332 e. The maximum absolute atomic E-state index is 12.2. The highest BCUT2D eigenvalue weighted by molar-refractivity contribution is 7.86. The normalized spacial score (nSPS) is 17.3. The number of imidazole rings is 1. The first-order valence-corrected chi connectivity index (χ1v) is 9.87. The molecule has 2 aromatic rings. The predicted octanol–water partition coefficient (Wildman–Crippen LogP) is 1.54. The van der Waals surface area contributed by atoms with E-state index in [-0.39, 0.29) is 0 Å². The van der Waals surface area contributed by atoms with Crippen molar-refractivity contribution < 1.29 is 8.42 Å².